The molecule has 0 radical (unpaired) electrons. The molecule has 0 unspecified atom stereocenters. The first-order chi connectivity index (χ1) is 13.8. The van der Waals surface area contributed by atoms with E-state index in [9.17, 15) is 23.3 Å². The van der Waals surface area contributed by atoms with Crippen LogP contribution in [-0.4, -0.2) is 56.3 Å². The number of anilines is 1. The summed E-state index contributed by atoms with van der Waals surface area (Å²) in [5.41, 5.74) is 1.40. The zero-order valence-corrected chi connectivity index (χ0v) is 16.6. The summed E-state index contributed by atoms with van der Waals surface area (Å²) in [7, 11) is -3.70. The van der Waals surface area contributed by atoms with Crippen molar-refractivity contribution in [2.75, 3.05) is 38.2 Å². The Kier molecular flexibility index (Phi) is 6.26. The smallest absolute Gasteiger partial charge is 0.271 e. The minimum absolute atomic E-state index is 0.0526. The van der Waals surface area contributed by atoms with Crippen molar-refractivity contribution in [2.45, 2.75) is 11.8 Å². The Labute approximate surface area is 168 Å². The number of hydrogen-bond donors (Lipinski definition) is 1. The average molecular weight is 419 g/mol. The zero-order chi connectivity index (χ0) is 21.0. The van der Waals surface area contributed by atoms with E-state index in [1.807, 2.05) is 0 Å². The lowest BCUT2D eigenvalue weighted by atomic mass is 10.1. The SMILES string of the molecule is Cc1ccc([N+](=O)[O-])cc1NCC(=O)c1cccc(S(=O)(=O)N2CCOCC2)c1. The van der Waals surface area contributed by atoms with Crippen LogP contribution >= 0.6 is 0 Å². The topological polar surface area (TPSA) is 119 Å². The van der Waals surface area contributed by atoms with Gasteiger partial charge in [-0.25, -0.2) is 8.42 Å². The standard InChI is InChI=1S/C19H21N3O6S/c1-14-5-6-16(22(24)25)12-18(14)20-13-19(23)15-3-2-4-17(11-15)29(26,27)21-7-9-28-10-8-21/h2-6,11-12,20H,7-10,13H2,1H3. The van der Waals surface area contributed by atoms with Gasteiger partial charge in [-0.3, -0.25) is 14.9 Å². The van der Waals surface area contributed by atoms with Gasteiger partial charge in [-0.15, -0.1) is 0 Å². The maximum Gasteiger partial charge on any atom is 0.271 e. The van der Waals surface area contributed by atoms with E-state index in [1.54, 1.807) is 19.1 Å². The van der Waals surface area contributed by atoms with Gasteiger partial charge in [0.2, 0.25) is 10.0 Å². The van der Waals surface area contributed by atoms with E-state index in [0.717, 1.165) is 5.56 Å². The number of rotatable bonds is 7. The van der Waals surface area contributed by atoms with Gasteiger partial charge in [0.25, 0.3) is 5.69 Å². The van der Waals surface area contributed by atoms with Gasteiger partial charge in [-0.05, 0) is 24.6 Å². The molecule has 1 saturated heterocycles. The highest BCUT2D eigenvalue weighted by atomic mass is 32.2. The van der Waals surface area contributed by atoms with Gasteiger partial charge in [-0.2, -0.15) is 4.31 Å². The summed E-state index contributed by atoms with van der Waals surface area (Å²) < 4.78 is 32.1. The van der Waals surface area contributed by atoms with Crippen LogP contribution in [-0.2, 0) is 14.8 Å². The second-order valence-electron chi connectivity index (χ2n) is 6.58. The number of non-ortho nitro benzene ring substituents is 1. The number of nitro benzene ring substituents is 1. The molecule has 1 aliphatic heterocycles. The minimum Gasteiger partial charge on any atom is -0.379 e. The lowest BCUT2D eigenvalue weighted by Crippen LogP contribution is -2.40. The Balaban J connectivity index is 1.75. The van der Waals surface area contributed by atoms with Crippen LogP contribution in [0.5, 0.6) is 0 Å². The molecule has 2 aromatic rings. The zero-order valence-electron chi connectivity index (χ0n) is 15.8. The first-order valence-electron chi connectivity index (χ1n) is 8.99. The van der Waals surface area contributed by atoms with Crippen LogP contribution in [0.25, 0.3) is 0 Å². The maximum atomic E-state index is 12.8. The Morgan fingerprint density at radius 2 is 1.93 bits per heavy atom. The summed E-state index contributed by atoms with van der Waals surface area (Å²) >= 11 is 0. The van der Waals surface area contributed by atoms with Gasteiger partial charge in [0.1, 0.15) is 0 Å². The molecule has 1 heterocycles. The van der Waals surface area contributed by atoms with E-state index in [4.69, 9.17) is 4.74 Å². The van der Waals surface area contributed by atoms with Crippen molar-refractivity contribution in [1.82, 2.24) is 4.31 Å². The third-order valence-corrected chi connectivity index (χ3v) is 6.53. The monoisotopic (exact) mass is 419 g/mol. The number of sulfonamides is 1. The number of nitro groups is 1. The Bertz CT molecular complexity index is 1030. The number of carbonyl (C=O) groups excluding carboxylic acids is 1. The molecular weight excluding hydrogens is 398 g/mol. The minimum atomic E-state index is -3.70. The molecule has 154 valence electrons. The van der Waals surface area contributed by atoms with E-state index in [-0.39, 0.29) is 41.6 Å². The van der Waals surface area contributed by atoms with Crippen LogP contribution in [0.15, 0.2) is 47.4 Å². The number of ether oxygens (including phenoxy) is 1. The van der Waals surface area contributed by atoms with Crippen LogP contribution in [0.2, 0.25) is 0 Å². The maximum absolute atomic E-state index is 12.8. The molecule has 1 N–H and O–H groups in total. The Hall–Kier alpha value is -2.82. The van der Waals surface area contributed by atoms with Gasteiger partial charge < -0.3 is 10.1 Å². The van der Waals surface area contributed by atoms with Crippen molar-refractivity contribution in [3.63, 3.8) is 0 Å². The largest absolute Gasteiger partial charge is 0.379 e. The van der Waals surface area contributed by atoms with Crippen LogP contribution < -0.4 is 5.32 Å². The van der Waals surface area contributed by atoms with Crippen LogP contribution in [0, 0.1) is 17.0 Å². The highest BCUT2D eigenvalue weighted by molar-refractivity contribution is 7.89. The molecule has 0 saturated carbocycles. The fraction of sp³-hybridized carbons (Fsp3) is 0.316. The number of benzene rings is 2. The van der Waals surface area contributed by atoms with Gasteiger partial charge >= 0.3 is 0 Å². The second-order valence-corrected chi connectivity index (χ2v) is 8.52. The van der Waals surface area contributed by atoms with Crippen LogP contribution in [0.1, 0.15) is 15.9 Å². The Morgan fingerprint density at radius 3 is 2.62 bits per heavy atom. The fourth-order valence-electron chi connectivity index (χ4n) is 2.96. The second kappa shape index (κ2) is 8.68. The normalized spacial score (nSPS) is 15.1. The highest BCUT2D eigenvalue weighted by Crippen LogP contribution is 2.22. The first-order valence-corrected chi connectivity index (χ1v) is 10.4. The number of carbonyl (C=O) groups is 1. The number of morpholine rings is 1. The van der Waals surface area contributed by atoms with E-state index in [2.05, 4.69) is 5.32 Å². The molecule has 0 atom stereocenters. The van der Waals surface area contributed by atoms with Crippen molar-refractivity contribution in [3.8, 4) is 0 Å². The number of hydrogen-bond acceptors (Lipinski definition) is 7. The number of nitrogens with zero attached hydrogens (tertiary/aromatic N) is 2. The molecule has 0 aliphatic carbocycles. The number of Topliss-reactive ketones (excluding diaryl/α,β-unsaturated/α-hetero) is 1. The van der Waals surface area contributed by atoms with E-state index < -0.39 is 14.9 Å². The summed E-state index contributed by atoms with van der Waals surface area (Å²) in [5.74, 6) is -0.324. The van der Waals surface area contributed by atoms with Crippen LogP contribution in [0.4, 0.5) is 11.4 Å². The third kappa shape index (κ3) is 4.78. The Morgan fingerprint density at radius 1 is 1.21 bits per heavy atom. The predicted molar refractivity (Wildman–Crippen MR) is 107 cm³/mol. The van der Waals surface area contributed by atoms with Crippen molar-refractivity contribution in [1.29, 1.82) is 0 Å². The summed E-state index contributed by atoms with van der Waals surface area (Å²) in [6.45, 7) is 2.87. The predicted octanol–water partition coefficient (Wildman–Crippen LogP) is 2.22. The number of ketones is 1. The molecule has 3 rings (SSSR count). The molecule has 0 spiro atoms. The van der Waals surface area contributed by atoms with Crippen LogP contribution in [0.3, 0.4) is 0 Å². The summed E-state index contributed by atoms with van der Waals surface area (Å²) in [5, 5.41) is 13.8. The molecule has 1 fully saturated rings. The summed E-state index contributed by atoms with van der Waals surface area (Å²) in [4.78, 5) is 23.1. The van der Waals surface area contributed by atoms with Gasteiger partial charge in [0.05, 0.1) is 29.6 Å². The molecule has 0 aromatic heterocycles. The van der Waals surface area contributed by atoms with Crippen molar-refractivity contribution in [2.24, 2.45) is 0 Å². The highest BCUT2D eigenvalue weighted by Gasteiger charge is 2.26. The van der Waals surface area contributed by atoms with Gasteiger partial charge in [-0.1, -0.05) is 18.2 Å². The molecule has 1 aliphatic rings. The average Bonchev–Trinajstić information content (AvgIpc) is 2.73. The van der Waals surface area contributed by atoms with Gasteiger partial charge in [0.15, 0.2) is 5.78 Å². The lowest BCUT2D eigenvalue weighted by Gasteiger charge is -2.26. The molecule has 0 bridgehead atoms. The lowest BCUT2D eigenvalue weighted by molar-refractivity contribution is -0.384. The molecule has 29 heavy (non-hydrogen) atoms. The summed E-state index contributed by atoms with van der Waals surface area (Å²) in [6, 6.07) is 10.2. The quantitative estimate of drug-likeness (QED) is 0.415. The number of aryl methyl sites for hydroxylation is 1. The van der Waals surface area contributed by atoms with E-state index >= 15 is 0 Å². The van der Waals surface area contributed by atoms with Crippen molar-refractivity contribution in [3.05, 3.63) is 63.7 Å². The molecule has 0 amide bonds. The summed E-state index contributed by atoms with van der Waals surface area (Å²) in [6.07, 6.45) is 0. The number of nitrogens with one attached hydrogen (secondary N) is 1. The molecule has 10 heteroatoms. The van der Waals surface area contributed by atoms with E-state index in [1.165, 1.54) is 34.6 Å². The van der Waals surface area contributed by atoms with Crippen molar-refractivity contribution < 1.29 is 22.9 Å². The molecule has 9 nitrogen and oxygen atoms in total. The molecular formula is C19H21N3O6S. The fourth-order valence-corrected chi connectivity index (χ4v) is 4.41. The first kappa shape index (κ1) is 20.9. The van der Waals surface area contributed by atoms with Crippen molar-refractivity contribution >= 4 is 27.2 Å². The van der Waals surface area contributed by atoms with Gasteiger partial charge in [0, 0.05) is 36.5 Å². The van der Waals surface area contributed by atoms with E-state index in [0.29, 0.717) is 18.9 Å². The molecule has 2 aromatic carbocycles. The third-order valence-electron chi connectivity index (χ3n) is 4.64.